The van der Waals surface area contributed by atoms with Gasteiger partial charge in [0.1, 0.15) is 0 Å². The van der Waals surface area contributed by atoms with Crippen LogP contribution in [0.5, 0.6) is 0 Å². The predicted molar refractivity (Wildman–Crippen MR) is 35.3 cm³/mol. The van der Waals surface area contributed by atoms with E-state index in [1.807, 2.05) is 0 Å². The minimum atomic E-state index is -0.971. The molecule has 1 atom stereocenters. The molecule has 0 radical (unpaired) electrons. The van der Waals surface area contributed by atoms with Crippen LogP contribution in [0.3, 0.4) is 0 Å². The Balaban J connectivity index is 0.000001000. The average Bonchev–Trinajstić information content (AvgIpc) is 1.88. The molecule has 0 aliphatic carbocycles. The number of hydrogen-bond acceptors (Lipinski definition) is 4. The van der Waals surface area contributed by atoms with Crippen molar-refractivity contribution in [1.29, 1.82) is 0 Å². The number of aliphatic hydroxyl groups is 1. The van der Waals surface area contributed by atoms with Crippen molar-refractivity contribution in [3.05, 3.63) is 30.5 Å². The van der Waals surface area contributed by atoms with Crippen molar-refractivity contribution in [2.75, 3.05) is 0 Å². The maximum Gasteiger partial charge on any atom is 0.0616 e. The van der Waals surface area contributed by atoms with Crippen LogP contribution in [-0.2, 0) is 0 Å². The second-order valence-electron chi connectivity index (χ2n) is 1.96. The Hall–Kier alpha value is 0.0819. The van der Waals surface area contributed by atoms with Crippen molar-refractivity contribution in [1.82, 2.24) is 5.06 Å². The zero-order chi connectivity index (χ0) is 7.56. The van der Waals surface area contributed by atoms with Gasteiger partial charge in [-0.1, -0.05) is 0 Å². The van der Waals surface area contributed by atoms with Crippen LogP contribution in [0.25, 0.3) is 0 Å². The zero-order valence-corrected chi connectivity index (χ0v) is 9.97. The Morgan fingerprint density at radius 1 is 1.64 bits per heavy atom. The number of rotatable bonds is 1. The molecular formula is C6H9N2O2U-. The quantitative estimate of drug-likeness (QED) is 0.427. The Morgan fingerprint density at radius 3 is 2.64 bits per heavy atom. The van der Waals surface area contributed by atoms with E-state index in [4.69, 9.17) is 16.0 Å². The molecular weight excluding hydrogens is 370 g/mol. The number of nitrogens with two attached hydrogens (primary N) is 1. The van der Waals surface area contributed by atoms with Gasteiger partial charge in [0.05, 0.1) is 6.23 Å². The molecule has 4 nitrogen and oxygen atoms in total. The summed E-state index contributed by atoms with van der Waals surface area (Å²) in [5.74, 6) is 0. The van der Waals surface area contributed by atoms with E-state index in [0.717, 1.165) is 5.06 Å². The van der Waals surface area contributed by atoms with Gasteiger partial charge in [-0.25, -0.2) is 0 Å². The van der Waals surface area contributed by atoms with E-state index >= 15 is 0 Å². The molecule has 0 saturated carbocycles. The van der Waals surface area contributed by atoms with Crippen LogP contribution in [0.4, 0.5) is 0 Å². The molecule has 5 heteroatoms. The molecule has 0 aromatic rings. The summed E-state index contributed by atoms with van der Waals surface area (Å²) in [6.07, 6.45) is 3.49. The molecule has 0 bridgehead atoms. The number of hydrogen-bond donors (Lipinski definition) is 3. The first-order chi connectivity index (χ1) is 4.70. The molecule has 11 heavy (non-hydrogen) atoms. The zero-order valence-electron chi connectivity index (χ0n) is 5.81. The fourth-order valence-corrected chi connectivity index (χ4v) is 0.627. The maximum absolute atomic E-state index is 8.80. The van der Waals surface area contributed by atoms with E-state index in [9.17, 15) is 0 Å². The van der Waals surface area contributed by atoms with Crippen LogP contribution in [0.2, 0.25) is 0 Å². The predicted octanol–water partition coefficient (Wildman–Crippen LogP) is -0.430. The summed E-state index contributed by atoms with van der Waals surface area (Å²) >= 11 is 0. The summed E-state index contributed by atoms with van der Waals surface area (Å²) in [4.78, 5) is 0. The summed E-state index contributed by atoms with van der Waals surface area (Å²) in [6, 6.07) is 0. The van der Waals surface area contributed by atoms with Gasteiger partial charge in [0.15, 0.2) is 0 Å². The Kier molecular flexibility index (Phi) is 4.90. The smallest absolute Gasteiger partial charge is 0.0616 e. The third-order valence-corrected chi connectivity index (χ3v) is 1.18. The molecule has 0 spiro atoms. The standard InChI is InChI=1S/C6H9N2O2.U/c7-6(9)5-1-3-8(10)4-2-5;/h1-4,6,9-10H,7H2;/q-1;. The third kappa shape index (κ3) is 3.32. The van der Waals surface area contributed by atoms with Crippen LogP contribution in [-0.4, -0.2) is 21.6 Å². The fraction of sp³-hybridized carbons (Fsp3) is 0.167. The second-order valence-corrected chi connectivity index (χ2v) is 1.96. The van der Waals surface area contributed by atoms with Gasteiger partial charge in [0.2, 0.25) is 0 Å². The van der Waals surface area contributed by atoms with Crippen molar-refractivity contribution >= 4 is 0 Å². The SMILES string of the molecule is NC(O)C1=C[CH-]N(O)C=C1.[U]. The Bertz CT molecular complexity index is 179. The number of aliphatic hydroxyl groups excluding tert-OH is 1. The molecule has 1 aliphatic heterocycles. The first kappa shape index (κ1) is 11.1. The van der Waals surface area contributed by atoms with Gasteiger partial charge in [0.25, 0.3) is 0 Å². The van der Waals surface area contributed by atoms with Crippen molar-refractivity contribution in [3.8, 4) is 0 Å². The summed E-state index contributed by atoms with van der Waals surface area (Å²) in [6.45, 7) is 1.39. The van der Waals surface area contributed by atoms with E-state index in [1.165, 1.54) is 24.9 Å². The van der Waals surface area contributed by atoms with E-state index < -0.39 is 6.23 Å². The molecule has 1 aliphatic rings. The second kappa shape index (κ2) is 4.86. The normalized spacial score (nSPS) is 18.1. The maximum atomic E-state index is 8.80. The van der Waals surface area contributed by atoms with Gasteiger partial charge >= 0.3 is 0 Å². The average molecular weight is 379 g/mol. The van der Waals surface area contributed by atoms with Crippen molar-refractivity contribution in [3.63, 3.8) is 0 Å². The van der Waals surface area contributed by atoms with Crippen molar-refractivity contribution < 1.29 is 41.4 Å². The molecule has 0 aromatic heterocycles. The summed E-state index contributed by atoms with van der Waals surface area (Å²) in [7, 11) is 0. The third-order valence-electron chi connectivity index (χ3n) is 1.18. The van der Waals surface area contributed by atoms with Gasteiger partial charge in [-0.15, -0.1) is 12.6 Å². The Labute approximate surface area is 88.7 Å². The molecule has 0 aromatic carbocycles. The van der Waals surface area contributed by atoms with Gasteiger partial charge < -0.3 is 21.1 Å². The first-order valence-corrected chi connectivity index (χ1v) is 2.84. The van der Waals surface area contributed by atoms with Gasteiger partial charge in [-0.2, -0.15) is 11.6 Å². The summed E-state index contributed by atoms with van der Waals surface area (Å²) in [5, 5.41) is 18.4. The van der Waals surface area contributed by atoms with Gasteiger partial charge in [-0.3, -0.25) is 0 Å². The molecule has 1 rings (SSSR count). The topological polar surface area (TPSA) is 69.7 Å². The molecule has 1 unspecified atom stereocenters. The molecule has 0 fully saturated rings. The largest absolute Gasteiger partial charge is 0.392 e. The van der Waals surface area contributed by atoms with E-state index in [2.05, 4.69) is 0 Å². The monoisotopic (exact) mass is 379 g/mol. The van der Waals surface area contributed by atoms with Gasteiger partial charge in [-0.05, 0) is 6.20 Å². The first-order valence-electron chi connectivity index (χ1n) is 2.84. The van der Waals surface area contributed by atoms with Crippen LogP contribution < -0.4 is 5.73 Å². The molecule has 0 amide bonds. The minimum absolute atomic E-state index is 0. The van der Waals surface area contributed by atoms with Crippen LogP contribution in [0.1, 0.15) is 0 Å². The van der Waals surface area contributed by atoms with Crippen molar-refractivity contribution in [2.24, 2.45) is 5.73 Å². The summed E-state index contributed by atoms with van der Waals surface area (Å²) < 4.78 is 0. The number of nitrogens with zero attached hydrogens (tertiary/aromatic N) is 1. The number of hydroxylamine groups is 2. The molecule has 60 valence electrons. The van der Waals surface area contributed by atoms with E-state index in [-0.39, 0.29) is 31.1 Å². The Morgan fingerprint density at radius 2 is 2.27 bits per heavy atom. The molecule has 4 N–H and O–H groups in total. The van der Waals surface area contributed by atoms with Gasteiger partial charge in [0, 0.05) is 31.1 Å². The van der Waals surface area contributed by atoms with Crippen molar-refractivity contribution in [2.45, 2.75) is 6.23 Å². The van der Waals surface area contributed by atoms with E-state index in [0.29, 0.717) is 5.57 Å². The van der Waals surface area contributed by atoms with Crippen LogP contribution in [0, 0.1) is 37.7 Å². The fourth-order valence-electron chi connectivity index (χ4n) is 0.627. The molecule has 1 heterocycles. The molecule has 0 saturated heterocycles. The van der Waals surface area contributed by atoms with Crippen LogP contribution in [0.15, 0.2) is 23.9 Å². The van der Waals surface area contributed by atoms with Crippen LogP contribution >= 0.6 is 0 Å². The summed E-state index contributed by atoms with van der Waals surface area (Å²) in [5.41, 5.74) is 5.70. The van der Waals surface area contributed by atoms with E-state index in [1.54, 1.807) is 0 Å². The minimum Gasteiger partial charge on any atom is -0.392 e.